The van der Waals surface area contributed by atoms with Crippen LogP contribution in [-0.4, -0.2) is 36.6 Å². The minimum atomic E-state index is -2.86. The molecule has 0 saturated carbocycles. The highest BCUT2D eigenvalue weighted by molar-refractivity contribution is 7.09. The maximum atomic E-state index is 12.6. The van der Waals surface area contributed by atoms with E-state index in [1.54, 1.807) is 29.5 Å². The van der Waals surface area contributed by atoms with Crippen LogP contribution in [0.15, 0.2) is 29.6 Å². The maximum Gasteiger partial charge on any atom is 0.387 e. The van der Waals surface area contributed by atoms with E-state index in [-0.39, 0.29) is 24.1 Å². The second kappa shape index (κ2) is 8.44. The van der Waals surface area contributed by atoms with Gasteiger partial charge < -0.3 is 15.0 Å². The number of amides is 1. The number of aromatic nitrogens is 1. The zero-order valence-corrected chi connectivity index (χ0v) is 15.3. The van der Waals surface area contributed by atoms with Crippen molar-refractivity contribution < 1.29 is 18.3 Å². The standard InChI is InChI=1S/C18H21F2N3O2S/c1-2-17-22-13(11-26-17)9-16(24)21-12-7-8-23(10-12)14-5-3-4-6-15(14)25-18(19)20/h3-6,11-12,18H,2,7-10H2,1H3,(H,21,24). The van der Waals surface area contributed by atoms with Gasteiger partial charge in [-0.3, -0.25) is 4.79 Å². The second-order valence-electron chi connectivity index (χ2n) is 6.11. The summed E-state index contributed by atoms with van der Waals surface area (Å²) < 4.78 is 29.7. The third kappa shape index (κ3) is 4.69. The van der Waals surface area contributed by atoms with Gasteiger partial charge in [0.2, 0.25) is 5.91 Å². The van der Waals surface area contributed by atoms with Gasteiger partial charge in [-0.25, -0.2) is 4.98 Å². The molecule has 3 rings (SSSR count). The maximum absolute atomic E-state index is 12.6. The summed E-state index contributed by atoms with van der Waals surface area (Å²) >= 11 is 1.56. The van der Waals surface area contributed by atoms with Gasteiger partial charge in [-0.15, -0.1) is 11.3 Å². The molecule has 0 bridgehead atoms. The highest BCUT2D eigenvalue weighted by atomic mass is 32.1. The number of rotatable bonds is 7. The number of hydrogen-bond donors (Lipinski definition) is 1. The number of aryl methyl sites for hydroxylation is 1. The Morgan fingerprint density at radius 2 is 2.27 bits per heavy atom. The van der Waals surface area contributed by atoms with Crippen LogP contribution in [0.3, 0.4) is 0 Å². The molecule has 1 N–H and O–H groups in total. The number of para-hydroxylation sites is 2. The molecule has 1 aromatic carbocycles. The Kier molecular flexibility index (Phi) is 6.03. The van der Waals surface area contributed by atoms with Gasteiger partial charge in [0.15, 0.2) is 0 Å². The van der Waals surface area contributed by atoms with E-state index in [4.69, 9.17) is 0 Å². The molecule has 5 nitrogen and oxygen atoms in total. The molecule has 0 aliphatic carbocycles. The molecular formula is C18H21F2N3O2S. The number of nitrogens with one attached hydrogen (secondary N) is 1. The predicted molar refractivity (Wildman–Crippen MR) is 97.0 cm³/mol. The first-order chi connectivity index (χ1) is 12.5. The Morgan fingerprint density at radius 3 is 3.00 bits per heavy atom. The van der Waals surface area contributed by atoms with Crippen molar-refractivity contribution in [2.45, 2.75) is 38.8 Å². The largest absolute Gasteiger partial charge is 0.433 e. The smallest absolute Gasteiger partial charge is 0.387 e. The molecule has 2 heterocycles. The van der Waals surface area contributed by atoms with Crippen molar-refractivity contribution in [1.82, 2.24) is 10.3 Å². The van der Waals surface area contributed by atoms with Crippen molar-refractivity contribution in [3.63, 3.8) is 0 Å². The molecule has 1 unspecified atom stereocenters. The fourth-order valence-electron chi connectivity index (χ4n) is 3.05. The van der Waals surface area contributed by atoms with Crippen molar-refractivity contribution in [3.8, 4) is 5.75 Å². The van der Waals surface area contributed by atoms with E-state index in [0.29, 0.717) is 18.8 Å². The van der Waals surface area contributed by atoms with E-state index in [9.17, 15) is 13.6 Å². The van der Waals surface area contributed by atoms with Crippen molar-refractivity contribution in [3.05, 3.63) is 40.3 Å². The third-order valence-electron chi connectivity index (χ3n) is 4.22. The molecule has 1 aliphatic heterocycles. The Bertz CT molecular complexity index is 754. The summed E-state index contributed by atoms with van der Waals surface area (Å²) in [5.41, 5.74) is 1.41. The van der Waals surface area contributed by atoms with E-state index >= 15 is 0 Å². The summed E-state index contributed by atoms with van der Waals surface area (Å²) in [4.78, 5) is 18.6. The predicted octanol–water partition coefficient (Wildman–Crippen LogP) is 3.24. The van der Waals surface area contributed by atoms with Gasteiger partial charge in [-0.2, -0.15) is 8.78 Å². The molecule has 1 aromatic heterocycles. The molecule has 2 aromatic rings. The van der Waals surface area contributed by atoms with Crippen molar-refractivity contribution in [1.29, 1.82) is 0 Å². The number of ether oxygens (including phenoxy) is 1. The highest BCUT2D eigenvalue weighted by Crippen LogP contribution is 2.31. The first-order valence-electron chi connectivity index (χ1n) is 8.56. The Hall–Kier alpha value is -2.22. The molecule has 0 radical (unpaired) electrons. The quantitative estimate of drug-likeness (QED) is 0.800. The molecule has 8 heteroatoms. The number of benzene rings is 1. The number of carbonyl (C=O) groups excluding carboxylic acids is 1. The number of anilines is 1. The minimum Gasteiger partial charge on any atom is -0.433 e. The van der Waals surface area contributed by atoms with E-state index in [2.05, 4.69) is 15.0 Å². The summed E-state index contributed by atoms with van der Waals surface area (Å²) in [6.45, 7) is 0.406. The summed E-state index contributed by atoms with van der Waals surface area (Å²) in [5.74, 6) is 0.0889. The number of hydrogen-bond acceptors (Lipinski definition) is 5. The summed E-state index contributed by atoms with van der Waals surface area (Å²) in [7, 11) is 0. The van der Waals surface area contributed by atoms with Crippen molar-refractivity contribution in [2.24, 2.45) is 0 Å². The van der Waals surface area contributed by atoms with E-state index < -0.39 is 6.61 Å². The number of nitrogens with zero attached hydrogens (tertiary/aromatic N) is 2. The zero-order chi connectivity index (χ0) is 18.5. The molecule has 26 heavy (non-hydrogen) atoms. The molecule has 1 atom stereocenters. The monoisotopic (exact) mass is 381 g/mol. The average Bonchev–Trinajstić information content (AvgIpc) is 3.24. The lowest BCUT2D eigenvalue weighted by atomic mass is 10.2. The van der Waals surface area contributed by atoms with Crippen LogP contribution in [0.2, 0.25) is 0 Å². The number of carbonyl (C=O) groups is 1. The fraction of sp³-hybridized carbons (Fsp3) is 0.444. The van der Waals surface area contributed by atoms with Gasteiger partial charge in [-0.1, -0.05) is 19.1 Å². The normalized spacial score (nSPS) is 16.9. The molecule has 1 saturated heterocycles. The lowest BCUT2D eigenvalue weighted by Gasteiger charge is -2.22. The molecule has 140 valence electrons. The van der Waals surface area contributed by atoms with Gasteiger partial charge in [0.05, 0.1) is 22.8 Å². The Balaban J connectivity index is 1.56. The van der Waals surface area contributed by atoms with Crippen molar-refractivity contribution in [2.75, 3.05) is 18.0 Å². The second-order valence-corrected chi connectivity index (χ2v) is 7.05. The summed E-state index contributed by atoms with van der Waals surface area (Å²) in [6.07, 6.45) is 1.88. The highest BCUT2D eigenvalue weighted by Gasteiger charge is 2.26. The molecule has 0 spiro atoms. The van der Waals surface area contributed by atoms with Crippen LogP contribution in [0.4, 0.5) is 14.5 Å². The molecule has 1 fully saturated rings. The number of halogens is 2. The first kappa shape index (κ1) is 18.6. The molecule has 1 aliphatic rings. The van der Waals surface area contributed by atoms with Crippen LogP contribution < -0.4 is 15.0 Å². The summed E-state index contributed by atoms with van der Waals surface area (Å²) in [5, 5.41) is 5.95. The van der Waals surface area contributed by atoms with Crippen LogP contribution in [-0.2, 0) is 17.6 Å². The van der Waals surface area contributed by atoms with Crippen LogP contribution >= 0.6 is 11.3 Å². The topological polar surface area (TPSA) is 54.5 Å². The van der Waals surface area contributed by atoms with Crippen LogP contribution in [0.1, 0.15) is 24.0 Å². The minimum absolute atomic E-state index is 0.0219. The first-order valence-corrected chi connectivity index (χ1v) is 9.44. The lowest BCUT2D eigenvalue weighted by molar-refractivity contribution is -0.121. The summed E-state index contributed by atoms with van der Waals surface area (Å²) in [6, 6.07) is 6.71. The van der Waals surface area contributed by atoms with Crippen LogP contribution in [0.25, 0.3) is 0 Å². The molecular weight excluding hydrogens is 360 g/mol. The van der Waals surface area contributed by atoms with Crippen LogP contribution in [0, 0.1) is 0 Å². The number of alkyl halides is 2. The van der Waals surface area contributed by atoms with Crippen LogP contribution in [0.5, 0.6) is 5.75 Å². The number of thiazole rings is 1. The zero-order valence-electron chi connectivity index (χ0n) is 14.5. The van der Waals surface area contributed by atoms with Gasteiger partial charge >= 0.3 is 6.61 Å². The molecule has 1 amide bonds. The average molecular weight is 381 g/mol. The van der Waals surface area contributed by atoms with E-state index in [1.807, 2.05) is 17.2 Å². The Morgan fingerprint density at radius 1 is 1.46 bits per heavy atom. The van der Waals surface area contributed by atoms with Gasteiger partial charge in [0.1, 0.15) is 5.75 Å². The van der Waals surface area contributed by atoms with E-state index in [1.165, 1.54) is 6.07 Å². The third-order valence-corrected chi connectivity index (χ3v) is 5.26. The SMILES string of the molecule is CCc1nc(CC(=O)NC2CCN(c3ccccc3OC(F)F)C2)cs1. The Labute approximate surface area is 155 Å². The van der Waals surface area contributed by atoms with Gasteiger partial charge in [-0.05, 0) is 25.0 Å². The lowest BCUT2D eigenvalue weighted by Crippen LogP contribution is -2.38. The van der Waals surface area contributed by atoms with Gasteiger partial charge in [0, 0.05) is 24.5 Å². The fourth-order valence-corrected chi connectivity index (χ4v) is 3.79. The van der Waals surface area contributed by atoms with E-state index in [0.717, 1.165) is 23.5 Å². The van der Waals surface area contributed by atoms with Gasteiger partial charge in [0.25, 0.3) is 0 Å². The van der Waals surface area contributed by atoms with Crippen molar-refractivity contribution >= 4 is 22.9 Å².